The van der Waals surface area contributed by atoms with E-state index in [0.29, 0.717) is 18.4 Å². The molecule has 0 saturated carbocycles. The second kappa shape index (κ2) is 7.87. The van der Waals surface area contributed by atoms with Gasteiger partial charge in [0, 0.05) is 24.3 Å². The van der Waals surface area contributed by atoms with Crippen molar-refractivity contribution in [1.82, 2.24) is 24.9 Å². The molecular weight excluding hydrogens is 354 g/mol. The van der Waals surface area contributed by atoms with Crippen molar-refractivity contribution in [3.05, 3.63) is 89.1 Å². The third-order valence-corrected chi connectivity index (χ3v) is 4.50. The highest BCUT2D eigenvalue weighted by atomic mass is 16.2. The minimum Gasteiger partial charge on any atom is -0.354 e. The van der Waals surface area contributed by atoms with Crippen LogP contribution in [-0.2, 0) is 17.8 Å². The summed E-state index contributed by atoms with van der Waals surface area (Å²) in [5.74, 6) is -0.238. The summed E-state index contributed by atoms with van der Waals surface area (Å²) in [6.45, 7) is 0.393. The molecule has 0 fully saturated rings. The van der Waals surface area contributed by atoms with Gasteiger partial charge in [0.2, 0.25) is 5.91 Å². The van der Waals surface area contributed by atoms with E-state index < -0.39 is 0 Å². The SMILES string of the molecule is O=C(Cn1ncc2ccccc2c1=O)NCCc1ccc(-n2cccn2)cc1. The molecule has 1 amide bonds. The molecule has 0 spiro atoms. The summed E-state index contributed by atoms with van der Waals surface area (Å²) in [5.41, 5.74) is 1.83. The van der Waals surface area contributed by atoms with E-state index in [2.05, 4.69) is 15.5 Å². The molecule has 0 unspecified atom stereocenters. The monoisotopic (exact) mass is 373 g/mol. The smallest absolute Gasteiger partial charge is 0.275 e. The van der Waals surface area contributed by atoms with Crippen molar-refractivity contribution in [3.63, 3.8) is 0 Å². The molecule has 28 heavy (non-hydrogen) atoms. The van der Waals surface area contributed by atoms with Gasteiger partial charge in [-0.05, 0) is 36.2 Å². The van der Waals surface area contributed by atoms with Gasteiger partial charge in [0.25, 0.3) is 5.56 Å². The number of nitrogens with zero attached hydrogens (tertiary/aromatic N) is 4. The first-order chi connectivity index (χ1) is 13.7. The summed E-state index contributed by atoms with van der Waals surface area (Å²) in [6.07, 6.45) is 5.92. The Labute approximate surface area is 161 Å². The first kappa shape index (κ1) is 17.7. The molecule has 1 N–H and O–H groups in total. The van der Waals surface area contributed by atoms with Crippen LogP contribution in [0, 0.1) is 0 Å². The van der Waals surface area contributed by atoms with E-state index in [1.54, 1.807) is 29.2 Å². The van der Waals surface area contributed by atoms with E-state index in [-0.39, 0.29) is 18.0 Å². The molecule has 0 aliphatic heterocycles. The average Bonchev–Trinajstić information content (AvgIpc) is 3.26. The van der Waals surface area contributed by atoms with Crippen LogP contribution in [0.5, 0.6) is 0 Å². The van der Waals surface area contributed by atoms with Crippen LogP contribution in [0.25, 0.3) is 16.5 Å². The Morgan fingerprint density at radius 3 is 2.61 bits per heavy atom. The molecule has 0 atom stereocenters. The van der Waals surface area contributed by atoms with Crippen molar-refractivity contribution in [3.8, 4) is 5.69 Å². The number of hydrogen-bond donors (Lipinski definition) is 1. The lowest BCUT2D eigenvalue weighted by atomic mass is 10.1. The van der Waals surface area contributed by atoms with E-state index in [1.165, 1.54) is 4.68 Å². The van der Waals surface area contributed by atoms with Crippen LogP contribution in [-0.4, -0.2) is 32.0 Å². The number of benzene rings is 2. The molecule has 0 radical (unpaired) electrons. The first-order valence-corrected chi connectivity index (χ1v) is 9.01. The zero-order valence-corrected chi connectivity index (χ0v) is 15.2. The molecule has 0 bridgehead atoms. The van der Waals surface area contributed by atoms with Crippen molar-refractivity contribution in [1.29, 1.82) is 0 Å². The second-order valence-corrected chi connectivity index (χ2v) is 6.41. The Kier molecular flexibility index (Phi) is 4.97. The predicted octanol–water partition coefficient (Wildman–Crippen LogP) is 1.94. The maximum Gasteiger partial charge on any atom is 0.275 e. The second-order valence-electron chi connectivity index (χ2n) is 6.41. The van der Waals surface area contributed by atoms with E-state index in [4.69, 9.17) is 0 Å². The van der Waals surface area contributed by atoms with Gasteiger partial charge < -0.3 is 5.32 Å². The molecule has 0 aliphatic carbocycles. The topological polar surface area (TPSA) is 81.8 Å². The normalized spacial score (nSPS) is 10.9. The average molecular weight is 373 g/mol. The van der Waals surface area contributed by atoms with Crippen LogP contribution in [0.15, 0.2) is 78.0 Å². The minimum atomic E-state index is -0.262. The summed E-state index contributed by atoms with van der Waals surface area (Å²) in [4.78, 5) is 24.6. The first-order valence-electron chi connectivity index (χ1n) is 9.01. The van der Waals surface area contributed by atoms with E-state index in [1.807, 2.05) is 48.7 Å². The summed E-state index contributed by atoms with van der Waals surface area (Å²) < 4.78 is 2.98. The number of amides is 1. The number of rotatable bonds is 6. The fourth-order valence-electron chi connectivity index (χ4n) is 3.02. The third kappa shape index (κ3) is 3.83. The van der Waals surface area contributed by atoms with Gasteiger partial charge >= 0.3 is 0 Å². The molecule has 140 valence electrons. The lowest BCUT2D eigenvalue weighted by molar-refractivity contribution is -0.121. The molecular formula is C21H19N5O2. The van der Waals surface area contributed by atoms with Crippen molar-refractivity contribution >= 4 is 16.7 Å². The van der Waals surface area contributed by atoms with Crippen molar-refractivity contribution in [2.24, 2.45) is 0 Å². The molecule has 2 heterocycles. The number of nitrogens with one attached hydrogen (secondary N) is 1. The molecule has 7 nitrogen and oxygen atoms in total. The Bertz CT molecular complexity index is 1150. The standard InChI is InChI=1S/C21H19N5O2/c27-20(15-26-21(28)19-5-2-1-4-17(19)14-24-26)22-12-10-16-6-8-18(9-7-16)25-13-3-11-23-25/h1-9,11,13-14H,10,12,15H2,(H,22,27). The summed E-state index contributed by atoms with van der Waals surface area (Å²) in [5, 5.41) is 12.4. The van der Waals surface area contributed by atoms with Crippen LogP contribution in [0.1, 0.15) is 5.56 Å². The van der Waals surface area contributed by atoms with Crippen LogP contribution < -0.4 is 10.9 Å². The van der Waals surface area contributed by atoms with Crippen molar-refractivity contribution in [2.45, 2.75) is 13.0 Å². The highest BCUT2D eigenvalue weighted by molar-refractivity contribution is 5.81. The maximum atomic E-state index is 12.4. The number of hydrogen-bond acceptors (Lipinski definition) is 4. The zero-order valence-electron chi connectivity index (χ0n) is 15.2. The van der Waals surface area contributed by atoms with Gasteiger partial charge in [-0.2, -0.15) is 10.2 Å². The van der Waals surface area contributed by atoms with Crippen molar-refractivity contribution in [2.75, 3.05) is 6.54 Å². The molecule has 4 aromatic rings. The van der Waals surface area contributed by atoms with Gasteiger partial charge in [0.05, 0.1) is 17.3 Å². The van der Waals surface area contributed by atoms with Gasteiger partial charge in [-0.15, -0.1) is 0 Å². The Hall–Kier alpha value is -3.74. The van der Waals surface area contributed by atoms with Gasteiger partial charge in [0.1, 0.15) is 6.54 Å². The Morgan fingerprint density at radius 2 is 1.82 bits per heavy atom. The van der Waals surface area contributed by atoms with Crippen molar-refractivity contribution < 1.29 is 4.79 Å². The molecule has 4 rings (SSSR count). The van der Waals surface area contributed by atoms with Gasteiger partial charge in [0.15, 0.2) is 0 Å². The molecule has 2 aromatic carbocycles. The third-order valence-electron chi connectivity index (χ3n) is 4.50. The summed E-state index contributed by atoms with van der Waals surface area (Å²) >= 11 is 0. The molecule has 7 heteroatoms. The fraction of sp³-hybridized carbons (Fsp3) is 0.143. The number of carbonyl (C=O) groups excluding carboxylic acids is 1. The minimum absolute atomic E-state index is 0.0953. The van der Waals surface area contributed by atoms with Crippen LogP contribution in [0.3, 0.4) is 0 Å². The van der Waals surface area contributed by atoms with E-state index in [9.17, 15) is 9.59 Å². The lowest BCUT2D eigenvalue weighted by Crippen LogP contribution is -2.34. The van der Waals surface area contributed by atoms with E-state index in [0.717, 1.165) is 16.6 Å². The van der Waals surface area contributed by atoms with Gasteiger partial charge in [-0.1, -0.05) is 30.3 Å². The summed E-state index contributed by atoms with van der Waals surface area (Å²) in [7, 11) is 0. The summed E-state index contributed by atoms with van der Waals surface area (Å²) in [6, 6.07) is 17.1. The van der Waals surface area contributed by atoms with Crippen LogP contribution in [0.4, 0.5) is 0 Å². The lowest BCUT2D eigenvalue weighted by Gasteiger charge is -2.08. The van der Waals surface area contributed by atoms with Gasteiger partial charge in [-0.3, -0.25) is 9.59 Å². The number of carbonyl (C=O) groups is 1. The zero-order chi connectivity index (χ0) is 19.3. The van der Waals surface area contributed by atoms with Crippen LogP contribution >= 0.6 is 0 Å². The maximum absolute atomic E-state index is 12.4. The Balaban J connectivity index is 1.32. The number of aromatic nitrogens is 4. The Morgan fingerprint density at radius 1 is 1.00 bits per heavy atom. The molecule has 0 aliphatic rings. The highest BCUT2D eigenvalue weighted by Crippen LogP contribution is 2.09. The van der Waals surface area contributed by atoms with E-state index >= 15 is 0 Å². The quantitative estimate of drug-likeness (QED) is 0.560. The number of fused-ring (bicyclic) bond motifs is 1. The predicted molar refractivity (Wildman–Crippen MR) is 106 cm³/mol. The fourth-order valence-corrected chi connectivity index (χ4v) is 3.02. The van der Waals surface area contributed by atoms with Gasteiger partial charge in [-0.25, -0.2) is 9.36 Å². The molecule has 0 saturated heterocycles. The highest BCUT2D eigenvalue weighted by Gasteiger charge is 2.08. The molecule has 2 aromatic heterocycles. The largest absolute Gasteiger partial charge is 0.354 e. The van der Waals surface area contributed by atoms with Crippen LogP contribution in [0.2, 0.25) is 0 Å².